The molecule has 0 radical (unpaired) electrons. The van der Waals surface area contributed by atoms with Gasteiger partial charge in [-0.05, 0) is 35.6 Å². The van der Waals surface area contributed by atoms with E-state index in [-0.39, 0.29) is 0 Å². The van der Waals surface area contributed by atoms with Crippen molar-refractivity contribution in [1.29, 1.82) is 0 Å². The van der Waals surface area contributed by atoms with Crippen LogP contribution in [-0.4, -0.2) is 67.2 Å². The van der Waals surface area contributed by atoms with Crippen LogP contribution in [-0.2, 0) is 17.6 Å². The summed E-state index contributed by atoms with van der Waals surface area (Å²) in [5, 5.41) is 52.0. The van der Waals surface area contributed by atoms with Crippen molar-refractivity contribution in [2.75, 3.05) is 13.2 Å². The van der Waals surface area contributed by atoms with Gasteiger partial charge >= 0.3 is 0 Å². The zero-order chi connectivity index (χ0) is 22.2. The third-order valence-corrected chi connectivity index (χ3v) is 6.32. The fraction of sp³-hybridized carbons (Fsp3) is 0.417. The summed E-state index contributed by atoms with van der Waals surface area (Å²) in [6.07, 6.45) is -2.28. The second-order valence-corrected chi connectivity index (χ2v) is 8.24. The van der Waals surface area contributed by atoms with Gasteiger partial charge in [-0.3, -0.25) is 0 Å². The molecule has 3 aromatic rings. The molecule has 31 heavy (non-hydrogen) atoms. The zero-order valence-corrected chi connectivity index (χ0v) is 17.4. The fourth-order valence-corrected chi connectivity index (χ4v) is 4.32. The largest absolute Gasteiger partial charge is 0.393 e. The minimum Gasteiger partial charge on any atom is -0.393 e. The van der Waals surface area contributed by atoms with Gasteiger partial charge in [0.05, 0.1) is 18.7 Å². The summed E-state index contributed by atoms with van der Waals surface area (Å²) < 4.78 is 7.56. The van der Waals surface area contributed by atoms with Crippen molar-refractivity contribution >= 4 is 10.9 Å². The van der Waals surface area contributed by atoms with E-state index in [9.17, 15) is 25.5 Å². The third kappa shape index (κ3) is 3.78. The van der Waals surface area contributed by atoms with Crippen molar-refractivity contribution < 1.29 is 30.3 Å². The molecule has 0 bridgehead atoms. The van der Waals surface area contributed by atoms with Gasteiger partial charge in [0.2, 0.25) is 0 Å². The van der Waals surface area contributed by atoms with Crippen LogP contribution in [0.1, 0.15) is 29.8 Å². The minimum absolute atomic E-state index is 0.663. The van der Waals surface area contributed by atoms with Gasteiger partial charge in [-0.1, -0.05) is 49.4 Å². The Morgan fingerprint density at radius 1 is 0.903 bits per heavy atom. The lowest BCUT2D eigenvalue weighted by Gasteiger charge is -2.47. The summed E-state index contributed by atoms with van der Waals surface area (Å²) >= 11 is 0. The first-order valence-corrected chi connectivity index (χ1v) is 10.5. The number of hydrogen-bond acceptors (Lipinski definition) is 6. The minimum atomic E-state index is -1.79. The number of para-hydroxylation sites is 1. The van der Waals surface area contributed by atoms with Crippen molar-refractivity contribution in [2.45, 2.75) is 49.9 Å². The monoisotopic (exact) mass is 427 g/mol. The van der Waals surface area contributed by atoms with E-state index in [1.54, 1.807) is 4.57 Å². The molecule has 166 valence electrons. The summed E-state index contributed by atoms with van der Waals surface area (Å²) in [5.41, 5.74) is 2.41. The van der Waals surface area contributed by atoms with E-state index in [1.807, 2.05) is 30.5 Å². The number of benzene rings is 2. The van der Waals surface area contributed by atoms with E-state index in [1.165, 1.54) is 5.56 Å². The maximum absolute atomic E-state index is 10.7. The van der Waals surface area contributed by atoms with E-state index in [2.05, 4.69) is 31.2 Å². The van der Waals surface area contributed by atoms with Gasteiger partial charge in [-0.15, -0.1) is 0 Å². The van der Waals surface area contributed by atoms with Crippen LogP contribution >= 0.6 is 0 Å². The van der Waals surface area contributed by atoms with Crippen molar-refractivity contribution in [3.63, 3.8) is 0 Å². The highest BCUT2D eigenvalue weighted by Crippen LogP contribution is 2.38. The molecule has 0 saturated carbocycles. The van der Waals surface area contributed by atoms with E-state index in [0.717, 1.165) is 28.5 Å². The van der Waals surface area contributed by atoms with Crippen molar-refractivity contribution in [2.24, 2.45) is 0 Å². The number of aromatic nitrogens is 1. The second-order valence-electron chi connectivity index (χ2n) is 8.24. The molecule has 4 atom stereocenters. The van der Waals surface area contributed by atoms with Crippen molar-refractivity contribution in [1.82, 2.24) is 4.57 Å². The Morgan fingerprint density at radius 3 is 2.19 bits per heavy atom. The summed E-state index contributed by atoms with van der Waals surface area (Å²) in [5.74, 6) is 0. The smallest absolute Gasteiger partial charge is 0.163 e. The molecule has 1 aromatic heterocycles. The summed E-state index contributed by atoms with van der Waals surface area (Å²) in [6, 6.07) is 16.1. The Morgan fingerprint density at radius 2 is 1.55 bits per heavy atom. The first-order chi connectivity index (χ1) is 14.9. The number of hydrogen-bond donors (Lipinski definition) is 5. The van der Waals surface area contributed by atoms with Gasteiger partial charge in [-0.2, -0.15) is 0 Å². The predicted molar refractivity (Wildman–Crippen MR) is 116 cm³/mol. The first kappa shape index (κ1) is 22.0. The maximum atomic E-state index is 10.7. The highest BCUT2D eigenvalue weighted by atomic mass is 16.6. The van der Waals surface area contributed by atoms with Crippen LogP contribution in [0, 0.1) is 0 Å². The lowest BCUT2D eigenvalue weighted by Crippen LogP contribution is -2.65. The Labute approximate surface area is 180 Å². The Balaban J connectivity index is 1.75. The van der Waals surface area contributed by atoms with Gasteiger partial charge in [-0.25, -0.2) is 0 Å². The van der Waals surface area contributed by atoms with Crippen LogP contribution in [0.2, 0.25) is 0 Å². The molecule has 2 aromatic carbocycles. The molecule has 4 rings (SSSR count). The predicted octanol–water partition coefficient (Wildman–Crippen LogP) is 1.13. The van der Waals surface area contributed by atoms with Crippen molar-refractivity contribution in [3.05, 3.63) is 71.4 Å². The molecule has 5 N–H and O–H groups in total. The van der Waals surface area contributed by atoms with E-state index in [0.29, 0.717) is 6.42 Å². The van der Waals surface area contributed by atoms with Gasteiger partial charge in [0.15, 0.2) is 6.23 Å². The van der Waals surface area contributed by atoms with Gasteiger partial charge in [0.1, 0.15) is 23.9 Å². The molecular formula is C24H29NO6. The highest BCUT2D eigenvalue weighted by Gasteiger charge is 2.53. The number of nitrogens with zero attached hydrogens (tertiary/aromatic N) is 1. The average Bonchev–Trinajstić information content (AvgIpc) is 3.17. The van der Waals surface area contributed by atoms with Gasteiger partial charge in [0, 0.05) is 11.6 Å². The molecule has 4 unspecified atom stereocenters. The molecule has 7 nitrogen and oxygen atoms in total. The molecule has 1 fully saturated rings. The topological polar surface area (TPSA) is 115 Å². The van der Waals surface area contributed by atoms with Crippen LogP contribution in [0.15, 0.2) is 54.7 Å². The normalized spacial score (nSPS) is 25.7. The molecule has 0 aliphatic carbocycles. The number of aryl methyl sites for hydroxylation is 1. The summed E-state index contributed by atoms with van der Waals surface area (Å²) in [6.45, 7) is 0.698. The number of fused-ring (bicyclic) bond motifs is 1. The van der Waals surface area contributed by atoms with Crippen LogP contribution in [0.4, 0.5) is 0 Å². The lowest BCUT2D eigenvalue weighted by molar-refractivity contribution is -0.304. The van der Waals surface area contributed by atoms with E-state index >= 15 is 0 Å². The molecule has 0 amide bonds. The van der Waals surface area contributed by atoms with Crippen LogP contribution in [0.5, 0.6) is 0 Å². The standard InChI is InChI=1S/C24H29NO6/c1-2-15-7-9-16(10-8-15)11-17-12-25(19-6-4-3-5-18(17)19)23-21(29)20(28)22(30)24(13-26,14-27)31-23/h3-10,12,20-23,26-30H,2,11,13-14H2,1H3. The van der Waals surface area contributed by atoms with E-state index in [4.69, 9.17) is 4.74 Å². The first-order valence-electron chi connectivity index (χ1n) is 10.5. The highest BCUT2D eigenvalue weighted by molar-refractivity contribution is 5.84. The second kappa shape index (κ2) is 8.70. The number of rotatable bonds is 6. The van der Waals surface area contributed by atoms with Crippen LogP contribution < -0.4 is 0 Å². The lowest BCUT2D eigenvalue weighted by atomic mass is 9.87. The molecule has 1 aliphatic heterocycles. The Bertz CT molecular complexity index is 1030. The molecule has 7 heteroatoms. The Hall–Kier alpha value is -2.26. The SMILES string of the molecule is CCc1ccc(Cc2cn(C3OC(CO)(CO)C(O)C(O)C3O)c3ccccc23)cc1. The van der Waals surface area contributed by atoms with Crippen LogP contribution in [0.3, 0.4) is 0 Å². The summed E-state index contributed by atoms with van der Waals surface area (Å²) in [4.78, 5) is 0. The number of ether oxygens (including phenoxy) is 1. The fourth-order valence-electron chi connectivity index (χ4n) is 4.32. The molecule has 1 saturated heterocycles. The molecule has 2 heterocycles. The zero-order valence-electron chi connectivity index (χ0n) is 17.4. The van der Waals surface area contributed by atoms with Gasteiger partial charge in [0.25, 0.3) is 0 Å². The van der Waals surface area contributed by atoms with Crippen LogP contribution in [0.25, 0.3) is 10.9 Å². The molecular weight excluding hydrogens is 398 g/mol. The molecule has 0 spiro atoms. The number of aliphatic hydroxyl groups excluding tert-OH is 5. The maximum Gasteiger partial charge on any atom is 0.163 e. The average molecular weight is 427 g/mol. The third-order valence-electron chi connectivity index (χ3n) is 6.32. The van der Waals surface area contributed by atoms with Crippen molar-refractivity contribution in [3.8, 4) is 0 Å². The quantitative estimate of drug-likeness (QED) is 0.403. The molecule has 1 aliphatic rings. The number of aliphatic hydroxyl groups is 5. The Kier molecular flexibility index (Phi) is 6.16. The summed E-state index contributed by atoms with van der Waals surface area (Å²) in [7, 11) is 0. The van der Waals surface area contributed by atoms with E-state index < -0.39 is 43.4 Å². The van der Waals surface area contributed by atoms with Gasteiger partial charge < -0.3 is 34.8 Å².